The molecular formula is C27H23BrClN3O8. The summed E-state index contributed by atoms with van der Waals surface area (Å²) >= 11 is 9.97. The van der Waals surface area contributed by atoms with E-state index in [9.17, 15) is 19.2 Å². The standard InChI is InChI=1S/C27H23BrClN3O8/c1-3-38-20-12-15(22(28)23(29)24(20)39-14-21(33)30-16-7-5-4-6-8-16)11-18-25(34)32(27(36)31-18)13-17-9-10-19(40-17)26(35)37-2/h4-12H,3,13-14H2,1-2H3,(H,30,33)(H,31,36)/b18-11-. The fraction of sp³-hybridized carbons (Fsp3) is 0.185. The van der Waals surface area contributed by atoms with Gasteiger partial charge in [0.05, 0.1) is 20.3 Å². The molecule has 11 nitrogen and oxygen atoms in total. The van der Waals surface area contributed by atoms with E-state index in [4.69, 9.17) is 25.5 Å². The van der Waals surface area contributed by atoms with Gasteiger partial charge in [0.15, 0.2) is 18.1 Å². The van der Waals surface area contributed by atoms with E-state index in [1.54, 1.807) is 37.3 Å². The lowest BCUT2D eigenvalue weighted by Crippen LogP contribution is -2.30. The number of rotatable bonds is 10. The van der Waals surface area contributed by atoms with Gasteiger partial charge < -0.3 is 29.3 Å². The van der Waals surface area contributed by atoms with E-state index in [2.05, 4.69) is 31.3 Å². The number of hydrogen-bond acceptors (Lipinski definition) is 8. The first-order valence-electron chi connectivity index (χ1n) is 11.9. The minimum Gasteiger partial charge on any atom is -0.490 e. The molecule has 1 aliphatic rings. The predicted molar refractivity (Wildman–Crippen MR) is 148 cm³/mol. The number of hydrogen-bond donors (Lipinski definition) is 2. The number of urea groups is 1. The van der Waals surface area contributed by atoms with Gasteiger partial charge in [0.25, 0.3) is 11.8 Å². The van der Waals surface area contributed by atoms with Crippen LogP contribution in [0.1, 0.15) is 28.8 Å². The molecule has 2 aromatic carbocycles. The molecule has 1 aliphatic heterocycles. The molecule has 0 radical (unpaired) electrons. The first-order valence-corrected chi connectivity index (χ1v) is 13.0. The monoisotopic (exact) mass is 631 g/mol. The summed E-state index contributed by atoms with van der Waals surface area (Å²) in [5.41, 5.74) is 0.995. The lowest BCUT2D eigenvalue weighted by molar-refractivity contribution is -0.123. The molecule has 3 aromatic rings. The Labute approximate surface area is 242 Å². The van der Waals surface area contributed by atoms with Gasteiger partial charge >= 0.3 is 12.0 Å². The van der Waals surface area contributed by atoms with Crippen LogP contribution in [0.25, 0.3) is 6.08 Å². The average molecular weight is 633 g/mol. The van der Waals surface area contributed by atoms with Gasteiger partial charge in [-0.3, -0.25) is 14.5 Å². The topological polar surface area (TPSA) is 136 Å². The number of anilines is 1. The zero-order chi connectivity index (χ0) is 28.8. The summed E-state index contributed by atoms with van der Waals surface area (Å²) in [5.74, 6) is -1.19. The van der Waals surface area contributed by atoms with Gasteiger partial charge in [-0.15, -0.1) is 0 Å². The Balaban J connectivity index is 1.52. The maximum absolute atomic E-state index is 13.0. The number of furan rings is 1. The van der Waals surface area contributed by atoms with Gasteiger partial charge in [0.2, 0.25) is 5.76 Å². The van der Waals surface area contributed by atoms with Gasteiger partial charge in [0, 0.05) is 10.2 Å². The molecule has 2 N–H and O–H groups in total. The van der Waals surface area contributed by atoms with Crippen LogP contribution in [0, 0.1) is 0 Å². The number of halogens is 2. The van der Waals surface area contributed by atoms with Crippen LogP contribution in [0.2, 0.25) is 5.02 Å². The summed E-state index contributed by atoms with van der Waals surface area (Å²) in [6.07, 6.45) is 1.42. The largest absolute Gasteiger partial charge is 0.490 e. The summed E-state index contributed by atoms with van der Waals surface area (Å²) in [6.45, 7) is 1.48. The number of carbonyl (C=O) groups is 4. The molecule has 0 saturated carbocycles. The molecule has 40 heavy (non-hydrogen) atoms. The Hall–Kier alpha value is -4.29. The van der Waals surface area contributed by atoms with Crippen molar-refractivity contribution < 1.29 is 37.8 Å². The minimum atomic E-state index is -0.680. The molecule has 4 amide bonds. The SMILES string of the molecule is CCOc1cc(/C=C2\NC(=O)N(Cc3ccc(C(=O)OC)o3)C2=O)c(Br)c(Cl)c1OCC(=O)Nc1ccccc1. The van der Waals surface area contributed by atoms with Crippen molar-refractivity contribution in [2.24, 2.45) is 0 Å². The number of benzene rings is 2. The molecule has 13 heteroatoms. The number of nitrogens with zero attached hydrogens (tertiary/aromatic N) is 1. The highest BCUT2D eigenvalue weighted by Gasteiger charge is 2.35. The van der Waals surface area contributed by atoms with Crippen LogP contribution in [0.4, 0.5) is 10.5 Å². The number of ether oxygens (including phenoxy) is 3. The second-order valence-corrected chi connectivity index (χ2v) is 9.36. The second-order valence-electron chi connectivity index (χ2n) is 8.19. The Morgan fingerprint density at radius 1 is 1.15 bits per heavy atom. The quantitative estimate of drug-likeness (QED) is 0.181. The smallest absolute Gasteiger partial charge is 0.373 e. The third-order valence-corrected chi connectivity index (χ3v) is 6.93. The van der Waals surface area contributed by atoms with Crippen molar-refractivity contribution in [1.29, 1.82) is 0 Å². The zero-order valence-electron chi connectivity index (χ0n) is 21.3. The molecule has 0 spiro atoms. The highest BCUT2D eigenvalue weighted by Crippen LogP contribution is 2.43. The number of nitrogens with one attached hydrogen (secondary N) is 2. The van der Waals surface area contributed by atoms with Gasteiger partial charge in [-0.1, -0.05) is 29.8 Å². The summed E-state index contributed by atoms with van der Waals surface area (Å²) in [5, 5.41) is 5.33. The Morgan fingerprint density at radius 2 is 1.90 bits per heavy atom. The van der Waals surface area contributed by atoms with E-state index in [-0.39, 0.29) is 53.5 Å². The molecule has 1 saturated heterocycles. The molecule has 0 unspecified atom stereocenters. The fourth-order valence-electron chi connectivity index (χ4n) is 3.66. The molecular weight excluding hydrogens is 610 g/mol. The van der Waals surface area contributed by atoms with Crippen molar-refractivity contribution in [3.63, 3.8) is 0 Å². The summed E-state index contributed by atoms with van der Waals surface area (Å²) in [4.78, 5) is 50.5. The summed E-state index contributed by atoms with van der Waals surface area (Å²) in [7, 11) is 1.21. The van der Waals surface area contributed by atoms with E-state index in [1.165, 1.54) is 25.3 Å². The van der Waals surface area contributed by atoms with Crippen molar-refractivity contribution in [3.8, 4) is 11.5 Å². The maximum atomic E-state index is 13.0. The van der Waals surface area contributed by atoms with Gasteiger partial charge in [-0.2, -0.15) is 0 Å². The molecule has 0 bridgehead atoms. The van der Waals surface area contributed by atoms with Crippen molar-refractivity contribution in [2.45, 2.75) is 13.5 Å². The van der Waals surface area contributed by atoms with Crippen LogP contribution in [0.3, 0.4) is 0 Å². The Bertz CT molecular complexity index is 1490. The van der Waals surface area contributed by atoms with Crippen LogP contribution in [-0.4, -0.2) is 49.0 Å². The second kappa shape index (κ2) is 12.7. The molecule has 0 atom stereocenters. The fourth-order valence-corrected chi connectivity index (χ4v) is 4.33. The summed E-state index contributed by atoms with van der Waals surface area (Å²) in [6, 6.07) is 12.6. The highest BCUT2D eigenvalue weighted by atomic mass is 79.9. The molecule has 1 aromatic heterocycles. The van der Waals surface area contributed by atoms with Crippen molar-refractivity contribution in [1.82, 2.24) is 10.2 Å². The number of amides is 4. The van der Waals surface area contributed by atoms with Gasteiger partial charge in [-0.25, -0.2) is 9.59 Å². The van der Waals surface area contributed by atoms with E-state index < -0.39 is 23.8 Å². The Kier molecular flexibility index (Phi) is 9.12. The van der Waals surface area contributed by atoms with Crippen LogP contribution in [0.15, 0.2) is 63.1 Å². The predicted octanol–water partition coefficient (Wildman–Crippen LogP) is 4.99. The number of imide groups is 1. The number of methoxy groups -OCH3 is 1. The first kappa shape index (κ1) is 28.7. The van der Waals surface area contributed by atoms with Crippen LogP contribution < -0.4 is 20.1 Å². The van der Waals surface area contributed by atoms with E-state index in [1.807, 2.05) is 6.07 Å². The van der Waals surface area contributed by atoms with Gasteiger partial charge in [0.1, 0.15) is 16.5 Å². The third-order valence-electron chi connectivity index (χ3n) is 5.49. The molecule has 1 fully saturated rings. The maximum Gasteiger partial charge on any atom is 0.373 e. The van der Waals surface area contributed by atoms with Crippen LogP contribution >= 0.6 is 27.5 Å². The van der Waals surface area contributed by atoms with Gasteiger partial charge in [-0.05, 0) is 64.8 Å². The minimum absolute atomic E-state index is 0.0279. The molecule has 0 aliphatic carbocycles. The average Bonchev–Trinajstić information content (AvgIpc) is 3.52. The van der Waals surface area contributed by atoms with E-state index >= 15 is 0 Å². The van der Waals surface area contributed by atoms with Crippen LogP contribution in [0.5, 0.6) is 11.5 Å². The van der Waals surface area contributed by atoms with E-state index in [0.29, 0.717) is 15.7 Å². The Morgan fingerprint density at radius 3 is 2.60 bits per heavy atom. The highest BCUT2D eigenvalue weighted by molar-refractivity contribution is 9.10. The van der Waals surface area contributed by atoms with Crippen LogP contribution in [-0.2, 0) is 20.9 Å². The van der Waals surface area contributed by atoms with E-state index in [0.717, 1.165) is 4.90 Å². The lowest BCUT2D eigenvalue weighted by Gasteiger charge is -2.16. The summed E-state index contributed by atoms with van der Waals surface area (Å²) < 4.78 is 21.7. The number of para-hydroxylation sites is 1. The normalized spacial score (nSPS) is 13.8. The molecule has 208 valence electrons. The first-order chi connectivity index (χ1) is 19.2. The van der Waals surface area contributed by atoms with Crippen molar-refractivity contribution >= 4 is 63.1 Å². The molecule has 2 heterocycles. The third kappa shape index (κ3) is 6.46. The molecule has 4 rings (SSSR count). The number of carbonyl (C=O) groups excluding carboxylic acids is 4. The zero-order valence-corrected chi connectivity index (χ0v) is 23.6. The van der Waals surface area contributed by atoms with Crippen molar-refractivity contribution in [2.75, 3.05) is 25.6 Å². The van der Waals surface area contributed by atoms with Crippen molar-refractivity contribution in [3.05, 3.63) is 80.8 Å². The number of esters is 1. The lowest BCUT2D eigenvalue weighted by atomic mass is 10.1.